The Morgan fingerprint density at radius 2 is 2.44 bits per heavy atom. The van der Waals surface area contributed by atoms with Crippen molar-refractivity contribution in [3.05, 3.63) is 10.1 Å². The molecule has 5 heteroatoms. The number of nitrogens with zero attached hydrogens (tertiary/aromatic N) is 2. The Morgan fingerprint density at radius 3 is 2.78 bits per heavy atom. The Bertz CT molecular complexity index is 110. The first kappa shape index (κ1) is 6.28. The van der Waals surface area contributed by atoms with Gasteiger partial charge in [0.1, 0.15) is 0 Å². The third kappa shape index (κ3) is 1.53. The summed E-state index contributed by atoms with van der Waals surface area (Å²) < 4.78 is 4.83. The zero-order chi connectivity index (χ0) is 6.69. The van der Waals surface area contributed by atoms with Crippen LogP contribution in [0, 0.1) is 10.1 Å². The van der Waals surface area contributed by atoms with E-state index < -0.39 is 5.03 Å². The lowest BCUT2D eigenvalue weighted by molar-refractivity contribution is -0.667. The van der Waals surface area contributed by atoms with Crippen molar-refractivity contribution in [1.82, 2.24) is 5.01 Å². The smallest absolute Gasteiger partial charge is 0.176 e. The van der Waals surface area contributed by atoms with Crippen LogP contribution in [-0.4, -0.2) is 29.9 Å². The van der Waals surface area contributed by atoms with Gasteiger partial charge in [0.25, 0.3) is 0 Å². The first-order valence-electron chi connectivity index (χ1n) is 2.77. The van der Waals surface area contributed by atoms with Crippen molar-refractivity contribution in [2.45, 2.75) is 6.42 Å². The highest BCUT2D eigenvalue weighted by molar-refractivity contribution is 4.45. The lowest BCUT2D eigenvalue weighted by atomic mass is 10.4. The highest BCUT2D eigenvalue weighted by atomic mass is 16.7. The quantitative estimate of drug-likeness (QED) is 0.368. The zero-order valence-electron chi connectivity index (χ0n) is 4.95. The van der Waals surface area contributed by atoms with E-state index >= 15 is 0 Å². The van der Waals surface area contributed by atoms with Gasteiger partial charge in [-0.2, -0.15) is 0 Å². The van der Waals surface area contributed by atoms with Crippen LogP contribution in [0.3, 0.4) is 0 Å². The molecular weight excluding hydrogens is 124 g/mol. The van der Waals surface area contributed by atoms with Gasteiger partial charge in [-0.15, -0.1) is 5.01 Å². The molecule has 9 heavy (non-hydrogen) atoms. The lowest BCUT2D eigenvalue weighted by Crippen LogP contribution is -2.37. The van der Waals surface area contributed by atoms with Crippen LogP contribution in [0.4, 0.5) is 0 Å². The summed E-state index contributed by atoms with van der Waals surface area (Å²) in [6.07, 6.45) is 0.751. The molecule has 0 unspecified atom stereocenters. The Balaban J connectivity index is 2.31. The normalized spacial score (nSPS) is 19.8. The average Bonchev–Trinajstić information content (AvgIpc) is 1.90. The van der Waals surface area contributed by atoms with Crippen LogP contribution in [0.25, 0.3) is 0 Å². The molecule has 0 radical (unpaired) electrons. The van der Waals surface area contributed by atoms with Crippen molar-refractivity contribution >= 4 is 0 Å². The largest absolute Gasteiger partial charge is 0.355 e. The maximum Gasteiger partial charge on any atom is 0.176 e. The van der Waals surface area contributed by atoms with Crippen LogP contribution < -0.4 is 0 Å². The van der Waals surface area contributed by atoms with Gasteiger partial charge in [-0.3, -0.25) is 0 Å². The Kier molecular flexibility index (Phi) is 1.84. The van der Waals surface area contributed by atoms with Crippen LogP contribution in [0.15, 0.2) is 0 Å². The van der Waals surface area contributed by atoms with Crippen LogP contribution in [0.5, 0.6) is 0 Å². The van der Waals surface area contributed by atoms with Gasteiger partial charge >= 0.3 is 0 Å². The van der Waals surface area contributed by atoms with Crippen LogP contribution in [0.2, 0.25) is 0 Å². The SMILES string of the molecule is O=[N+]([O-])N1CCCOC1. The van der Waals surface area contributed by atoms with Crippen LogP contribution in [-0.2, 0) is 4.74 Å². The molecule has 0 N–H and O–H groups in total. The third-order valence-electron chi connectivity index (χ3n) is 1.18. The molecule has 0 saturated carbocycles. The summed E-state index contributed by atoms with van der Waals surface area (Å²) in [5, 5.41) is 10.6. The summed E-state index contributed by atoms with van der Waals surface area (Å²) in [7, 11) is 0. The monoisotopic (exact) mass is 132 g/mol. The van der Waals surface area contributed by atoms with Crippen LogP contribution >= 0.6 is 0 Å². The van der Waals surface area contributed by atoms with E-state index in [9.17, 15) is 10.1 Å². The minimum atomic E-state index is -0.431. The summed E-state index contributed by atoms with van der Waals surface area (Å²) in [4.78, 5) is 10.0. The van der Waals surface area contributed by atoms with Gasteiger partial charge < -0.3 is 4.74 Å². The number of hydrazine groups is 1. The molecule has 5 nitrogen and oxygen atoms in total. The highest BCUT2D eigenvalue weighted by Crippen LogP contribution is 1.99. The maximum absolute atomic E-state index is 10.0. The predicted octanol–water partition coefficient (Wildman–Crippen LogP) is -0.142. The van der Waals surface area contributed by atoms with E-state index in [4.69, 9.17) is 4.74 Å². The molecule has 0 amide bonds. The molecule has 0 aromatic carbocycles. The van der Waals surface area contributed by atoms with Gasteiger partial charge in [0.05, 0.1) is 13.2 Å². The second-order valence-corrected chi connectivity index (χ2v) is 1.86. The Morgan fingerprint density at radius 1 is 1.67 bits per heavy atom. The second kappa shape index (κ2) is 2.63. The molecule has 1 aliphatic heterocycles. The first-order chi connectivity index (χ1) is 4.30. The standard InChI is InChI=1S/C4H8N2O3/c7-6(8)5-2-1-3-9-4-5/h1-4H2. The summed E-state index contributed by atoms with van der Waals surface area (Å²) in [5.74, 6) is 0. The van der Waals surface area contributed by atoms with Crippen molar-refractivity contribution < 1.29 is 9.77 Å². The number of hydrogen-bond donors (Lipinski definition) is 0. The molecule has 1 aliphatic rings. The molecule has 1 heterocycles. The van der Waals surface area contributed by atoms with E-state index in [-0.39, 0.29) is 6.73 Å². The molecule has 1 saturated heterocycles. The zero-order valence-corrected chi connectivity index (χ0v) is 4.95. The average molecular weight is 132 g/mol. The Hall–Kier alpha value is -0.840. The third-order valence-corrected chi connectivity index (χ3v) is 1.18. The van der Waals surface area contributed by atoms with Gasteiger partial charge in [0, 0.05) is 0 Å². The van der Waals surface area contributed by atoms with Gasteiger partial charge in [0.2, 0.25) is 0 Å². The lowest BCUT2D eigenvalue weighted by Gasteiger charge is -2.18. The van der Waals surface area contributed by atoms with Crippen molar-refractivity contribution in [3.8, 4) is 0 Å². The highest BCUT2D eigenvalue weighted by Gasteiger charge is 2.16. The summed E-state index contributed by atoms with van der Waals surface area (Å²) in [6, 6.07) is 0. The maximum atomic E-state index is 10.0. The summed E-state index contributed by atoms with van der Waals surface area (Å²) >= 11 is 0. The van der Waals surface area contributed by atoms with Crippen molar-refractivity contribution in [3.63, 3.8) is 0 Å². The van der Waals surface area contributed by atoms with E-state index in [1.54, 1.807) is 0 Å². The molecule has 0 bridgehead atoms. The Labute approximate surface area is 52.3 Å². The van der Waals surface area contributed by atoms with E-state index in [1.807, 2.05) is 0 Å². The summed E-state index contributed by atoms with van der Waals surface area (Å²) in [6.45, 7) is 1.28. The van der Waals surface area contributed by atoms with Gasteiger partial charge in [-0.1, -0.05) is 0 Å². The number of ether oxygens (including phenoxy) is 1. The molecule has 0 aromatic heterocycles. The molecular formula is C4H8N2O3. The molecule has 0 spiro atoms. The molecule has 1 fully saturated rings. The van der Waals surface area contributed by atoms with Crippen molar-refractivity contribution in [2.75, 3.05) is 19.9 Å². The van der Waals surface area contributed by atoms with Crippen molar-refractivity contribution in [2.24, 2.45) is 0 Å². The molecule has 0 aliphatic carbocycles. The number of rotatable bonds is 1. The van der Waals surface area contributed by atoms with Gasteiger partial charge in [0.15, 0.2) is 11.8 Å². The number of nitro groups is 1. The molecule has 1 rings (SSSR count). The fraction of sp³-hybridized carbons (Fsp3) is 1.00. The minimum absolute atomic E-state index is 0.132. The van der Waals surface area contributed by atoms with Gasteiger partial charge in [-0.25, -0.2) is 10.1 Å². The molecule has 0 atom stereocenters. The fourth-order valence-corrected chi connectivity index (χ4v) is 0.712. The molecule has 0 aromatic rings. The van der Waals surface area contributed by atoms with Gasteiger partial charge in [-0.05, 0) is 6.42 Å². The predicted molar refractivity (Wildman–Crippen MR) is 29.1 cm³/mol. The minimum Gasteiger partial charge on any atom is -0.355 e. The second-order valence-electron chi connectivity index (χ2n) is 1.86. The summed E-state index contributed by atoms with van der Waals surface area (Å²) in [5.41, 5.74) is 0. The van der Waals surface area contributed by atoms with Crippen LogP contribution in [0.1, 0.15) is 6.42 Å². The van der Waals surface area contributed by atoms with E-state index in [1.165, 1.54) is 0 Å². The van der Waals surface area contributed by atoms with E-state index in [0.717, 1.165) is 11.4 Å². The topological polar surface area (TPSA) is 55.6 Å². The fourth-order valence-electron chi connectivity index (χ4n) is 0.712. The van der Waals surface area contributed by atoms with Crippen molar-refractivity contribution in [1.29, 1.82) is 0 Å². The van der Waals surface area contributed by atoms with E-state index in [0.29, 0.717) is 13.2 Å². The number of hydrogen-bond acceptors (Lipinski definition) is 3. The molecule has 52 valence electrons. The van der Waals surface area contributed by atoms with E-state index in [2.05, 4.69) is 0 Å². The first-order valence-corrected chi connectivity index (χ1v) is 2.77.